The Kier molecular flexibility index (Phi) is 6.44. The fraction of sp³-hybridized carbons (Fsp3) is 0.207. The monoisotopic (exact) mass is 464 g/mol. The van der Waals surface area contributed by atoms with Gasteiger partial charge in [-0.1, -0.05) is 36.9 Å². The summed E-state index contributed by atoms with van der Waals surface area (Å²) in [6, 6.07) is 22.2. The first-order valence-electron chi connectivity index (χ1n) is 11.9. The molecular weight excluding hydrogens is 436 g/mol. The van der Waals surface area contributed by atoms with Gasteiger partial charge in [0.25, 0.3) is 0 Å². The van der Waals surface area contributed by atoms with Crippen molar-refractivity contribution in [3.8, 4) is 22.6 Å². The number of nitrogens with one attached hydrogen (secondary N) is 1. The van der Waals surface area contributed by atoms with Gasteiger partial charge in [-0.2, -0.15) is 0 Å². The van der Waals surface area contributed by atoms with Crippen LogP contribution in [0.2, 0.25) is 0 Å². The second-order valence-electron chi connectivity index (χ2n) is 8.70. The van der Waals surface area contributed by atoms with Crippen molar-refractivity contribution < 1.29 is 9.53 Å². The average Bonchev–Trinajstić information content (AvgIpc) is 2.92. The standard InChI is InChI=1S/C29H28N4O2/c1-3-27(34)33-15-7-8-21(18-33)25-16-22(17-26-28(25)31-19-32-29(26)30-2)20-11-13-24(14-12-20)35-23-9-5-4-6-10-23/h3-6,9-14,16-17,19,21H,1,7-8,15,18H2,2H3,(H,30,31,32). The van der Waals surface area contributed by atoms with E-state index in [2.05, 4.69) is 46.1 Å². The van der Waals surface area contributed by atoms with E-state index >= 15 is 0 Å². The summed E-state index contributed by atoms with van der Waals surface area (Å²) in [4.78, 5) is 23.3. The molecule has 6 heteroatoms. The van der Waals surface area contributed by atoms with E-state index in [-0.39, 0.29) is 11.8 Å². The highest BCUT2D eigenvalue weighted by Crippen LogP contribution is 2.37. The highest BCUT2D eigenvalue weighted by Gasteiger charge is 2.26. The second kappa shape index (κ2) is 9.97. The molecule has 3 aromatic carbocycles. The summed E-state index contributed by atoms with van der Waals surface area (Å²) >= 11 is 0. The van der Waals surface area contributed by atoms with Gasteiger partial charge in [-0.15, -0.1) is 0 Å². The third kappa shape index (κ3) is 4.73. The van der Waals surface area contributed by atoms with E-state index in [1.54, 1.807) is 6.33 Å². The van der Waals surface area contributed by atoms with Crippen molar-refractivity contribution in [1.82, 2.24) is 14.9 Å². The molecule has 0 spiro atoms. The van der Waals surface area contributed by atoms with Crippen LogP contribution in [0.15, 0.2) is 85.7 Å². The topological polar surface area (TPSA) is 67.3 Å². The van der Waals surface area contributed by atoms with E-state index < -0.39 is 0 Å². The Morgan fingerprint density at radius 1 is 1.06 bits per heavy atom. The summed E-state index contributed by atoms with van der Waals surface area (Å²) in [7, 11) is 1.87. The van der Waals surface area contributed by atoms with Crippen molar-refractivity contribution in [2.45, 2.75) is 18.8 Å². The number of hydrogen-bond donors (Lipinski definition) is 1. The SMILES string of the molecule is C=CC(=O)N1CCCC(c2cc(-c3ccc(Oc4ccccc4)cc3)cc3c(NC)ncnc23)C1. The Hall–Kier alpha value is -4.19. The van der Waals surface area contributed by atoms with Crippen LogP contribution in [0.3, 0.4) is 0 Å². The minimum Gasteiger partial charge on any atom is -0.457 e. The maximum absolute atomic E-state index is 12.3. The van der Waals surface area contributed by atoms with Gasteiger partial charge in [-0.3, -0.25) is 4.79 Å². The van der Waals surface area contributed by atoms with Gasteiger partial charge in [0.15, 0.2) is 0 Å². The number of ether oxygens (including phenoxy) is 1. The third-order valence-corrected chi connectivity index (χ3v) is 6.52. The Morgan fingerprint density at radius 2 is 1.83 bits per heavy atom. The molecule has 1 saturated heterocycles. The van der Waals surface area contributed by atoms with Crippen LogP contribution >= 0.6 is 0 Å². The molecule has 5 rings (SSSR count). The van der Waals surface area contributed by atoms with Gasteiger partial charge in [0, 0.05) is 31.4 Å². The molecule has 4 aromatic rings. The molecule has 1 unspecified atom stereocenters. The van der Waals surface area contributed by atoms with E-state index in [0.717, 1.165) is 64.3 Å². The van der Waals surface area contributed by atoms with Gasteiger partial charge in [0.2, 0.25) is 5.91 Å². The van der Waals surface area contributed by atoms with Crippen LogP contribution in [0.25, 0.3) is 22.0 Å². The predicted octanol–water partition coefficient (Wildman–Crippen LogP) is 6.02. The van der Waals surface area contributed by atoms with E-state index in [1.807, 2.05) is 54.4 Å². The highest BCUT2D eigenvalue weighted by molar-refractivity contribution is 5.95. The van der Waals surface area contributed by atoms with Crippen LogP contribution in [0.5, 0.6) is 11.5 Å². The lowest BCUT2D eigenvalue weighted by Crippen LogP contribution is -2.38. The highest BCUT2D eigenvalue weighted by atomic mass is 16.5. The molecule has 1 aliphatic rings. The molecule has 2 heterocycles. The molecule has 1 amide bonds. The molecule has 1 aromatic heterocycles. The lowest BCUT2D eigenvalue weighted by Gasteiger charge is -2.33. The smallest absolute Gasteiger partial charge is 0.245 e. The molecule has 0 radical (unpaired) electrons. The molecule has 0 bridgehead atoms. The number of piperidine rings is 1. The average molecular weight is 465 g/mol. The first kappa shape index (κ1) is 22.6. The lowest BCUT2D eigenvalue weighted by atomic mass is 9.87. The van der Waals surface area contributed by atoms with Crippen LogP contribution in [-0.2, 0) is 4.79 Å². The summed E-state index contributed by atoms with van der Waals surface area (Å²) in [5.74, 6) is 2.55. The van der Waals surface area contributed by atoms with E-state index in [4.69, 9.17) is 4.74 Å². The summed E-state index contributed by atoms with van der Waals surface area (Å²) in [5, 5.41) is 4.17. The van der Waals surface area contributed by atoms with Crippen LogP contribution in [0.1, 0.15) is 24.3 Å². The molecule has 0 saturated carbocycles. The number of para-hydroxylation sites is 1. The first-order chi connectivity index (χ1) is 17.2. The number of likely N-dealkylation sites (tertiary alicyclic amines) is 1. The summed E-state index contributed by atoms with van der Waals surface area (Å²) in [6.07, 6.45) is 4.95. The molecule has 1 atom stereocenters. The number of carbonyl (C=O) groups is 1. The summed E-state index contributed by atoms with van der Waals surface area (Å²) < 4.78 is 5.96. The number of amides is 1. The minimum absolute atomic E-state index is 0.0188. The number of aromatic nitrogens is 2. The van der Waals surface area contributed by atoms with Crippen LogP contribution in [-0.4, -0.2) is 40.9 Å². The van der Waals surface area contributed by atoms with Gasteiger partial charge in [0.05, 0.1) is 5.52 Å². The van der Waals surface area contributed by atoms with Crippen LogP contribution < -0.4 is 10.1 Å². The van der Waals surface area contributed by atoms with Crippen LogP contribution in [0.4, 0.5) is 5.82 Å². The number of benzene rings is 3. The quantitative estimate of drug-likeness (QED) is 0.353. The van der Waals surface area contributed by atoms with Crippen molar-refractivity contribution in [3.05, 3.63) is 91.3 Å². The van der Waals surface area contributed by atoms with Crippen molar-refractivity contribution >= 4 is 22.6 Å². The Labute approximate surface area is 205 Å². The normalized spacial score (nSPS) is 15.6. The number of nitrogens with zero attached hydrogens (tertiary/aromatic N) is 3. The summed E-state index contributed by atoms with van der Waals surface area (Å²) in [6.45, 7) is 5.08. The van der Waals surface area contributed by atoms with E-state index in [1.165, 1.54) is 6.08 Å². The number of fused-ring (bicyclic) bond motifs is 1. The summed E-state index contributed by atoms with van der Waals surface area (Å²) in [5.41, 5.74) is 4.23. The molecule has 1 N–H and O–H groups in total. The maximum atomic E-state index is 12.3. The van der Waals surface area contributed by atoms with Gasteiger partial charge in [-0.25, -0.2) is 9.97 Å². The van der Waals surface area contributed by atoms with Gasteiger partial charge >= 0.3 is 0 Å². The molecule has 176 valence electrons. The zero-order valence-corrected chi connectivity index (χ0v) is 19.8. The van der Waals surface area contributed by atoms with Crippen molar-refractivity contribution in [2.24, 2.45) is 0 Å². The molecule has 1 fully saturated rings. The van der Waals surface area contributed by atoms with Crippen LogP contribution in [0, 0.1) is 0 Å². The number of carbonyl (C=O) groups excluding carboxylic acids is 1. The van der Waals surface area contributed by atoms with Crippen molar-refractivity contribution in [1.29, 1.82) is 0 Å². The number of hydrogen-bond acceptors (Lipinski definition) is 5. The van der Waals surface area contributed by atoms with E-state index in [0.29, 0.717) is 6.54 Å². The molecule has 6 nitrogen and oxygen atoms in total. The Bertz CT molecular complexity index is 1350. The zero-order chi connectivity index (χ0) is 24.2. The number of rotatable bonds is 6. The van der Waals surface area contributed by atoms with E-state index in [9.17, 15) is 4.79 Å². The molecule has 0 aliphatic carbocycles. The van der Waals surface area contributed by atoms with Gasteiger partial charge in [0.1, 0.15) is 23.6 Å². The maximum Gasteiger partial charge on any atom is 0.245 e. The second-order valence-corrected chi connectivity index (χ2v) is 8.70. The van der Waals surface area contributed by atoms with Gasteiger partial charge in [-0.05, 0) is 72.0 Å². The fourth-order valence-electron chi connectivity index (χ4n) is 4.77. The first-order valence-corrected chi connectivity index (χ1v) is 11.9. The molecular formula is C29H28N4O2. The zero-order valence-electron chi connectivity index (χ0n) is 19.8. The third-order valence-electron chi connectivity index (χ3n) is 6.52. The largest absolute Gasteiger partial charge is 0.457 e. The molecule has 35 heavy (non-hydrogen) atoms. The van der Waals surface area contributed by atoms with Crippen molar-refractivity contribution in [3.63, 3.8) is 0 Å². The number of anilines is 1. The van der Waals surface area contributed by atoms with Gasteiger partial charge < -0.3 is 15.0 Å². The molecule has 1 aliphatic heterocycles. The lowest BCUT2D eigenvalue weighted by molar-refractivity contribution is -0.127. The van der Waals surface area contributed by atoms with Crippen molar-refractivity contribution in [2.75, 3.05) is 25.5 Å². The predicted molar refractivity (Wildman–Crippen MR) is 140 cm³/mol. The Morgan fingerprint density at radius 3 is 2.57 bits per heavy atom. The fourth-order valence-corrected chi connectivity index (χ4v) is 4.77. The minimum atomic E-state index is -0.0188. The Balaban J connectivity index is 1.53.